The molecule has 1 saturated carbocycles. The van der Waals surface area contributed by atoms with Gasteiger partial charge in [-0.25, -0.2) is 13.6 Å². The van der Waals surface area contributed by atoms with E-state index in [9.17, 15) is 13.5 Å². The Morgan fingerprint density at radius 3 is 2.56 bits per heavy atom. The van der Waals surface area contributed by atoms with Crippen molar-refractivity contribution in [3.63, 3.8) is 0 Å². The number of benzene rings is 1. The van der Waals surface area contributed by atoms with Crippen LogP contribution in [0.25, 0.3) is 0 Å². The minimum Gasteiger partial charge on any atom is -0.392 e. The molecule has 0 aromatic heterocycles. The van der Waals surface area contributed by atoms with E-state index in [1.807, 2.05) is 6.07 Å². The van der Waals surface area contributed by atoms with Crippen molar-refractivity contribution >= 4 is 26.0 Å². The van der Waals surface area contributed by atoms with Crippen LogP contribution in [0.15, 0.2) is 21.5 Å². The molecule has 2 rings (SSSR count). The Kier molecular flexibility index (Phi) is 3.82. The van der Waals surface area contributed by atoms with E-state index in [0.717, 1.165) is 12.8 Å². The number of hydrogen-bond donors (Lipinski definition) is 2. The second-order valence-corrected chi connectivity index (χ2v) is 7.09. The van der Waals surface area contributed by atoms with E-state index in [0.29, 0.717) is 22.0 Å². The molecule has 0 spiro atoms. The predicted molar refractivity (Wildman–Crippen MR) is 72.9 cm³/mol. The second kappa shape index (κ2) is 4.92. The molecule has 6 heteroatoms. The molecule has 100 valence electrons. The van der Waals surface area contributed by atoms with Gasteiger partial charge < -0.3 is 5.11 Å². The summed E-state index contributed by atoms with van der Waals surface area (Å²) in [5.41, 5.74) is 1.25. The number of aliphatic hydroxyl groups is 1. The van der Waals surface area contributed by atoms with E-state index in [-0.39, 0.29) is 10.8 Å². The fourth-order valence-electron chi connectivity index (χ4n) is 2.66. The average Bonchev–Trinajstić information content (AvgIpc) is 2.66. The van der Waals surface area contributed by atoms with Crippen LogP contribution in [0.5, 0.6) is 0 Å². The summed E-state index contributed by atoms with van der Waals surface area (Å²) in [5, 5.41) is 15.3. The lowest BCUT2D eigenvalue weighted by Gasteiger charge is -2.20. The average molecular weight is 334 g/mol. The summed E-state index contributed by atoms with van der Waals surface area (Å²) in [6, 6.07) is 3.56. The molecule has 0 radical (unpaired) electrons. The molecular formula is C12H16BrNO3S. The number of rotatable bonds is 2. The van der Waals surface area contributed by atoms with Gasteiger partial charge in [0.05, 0.1) is 11.0 Å². The van der Waals surface area contributed by atoms with Gasteiger partial charge >= 0.3 is 0 Å². The molecule has 1 aromatic carbocycles. The van der Waals surface area contributed by atoms with Gasteiger partial charge in [0.25, 0.3) is 0 Å². The number of aliphatic hydroxyl groups excluding tert-OH is 1. The summed E-state index contributed by atoms with van der Waals surface area (Å²) in [4.78, 5) is 0.155. The Bertz CT molecular complexity index is 571. The molecule has 2 atom stereocenters. The first-order valence-corrected chi connectivity index (χ1v) is 8.16. The largest absolute Gasteiger partial charge is 0.392 e. The number of primary sulfonamides is 1. The van der Waals surface area contributed by atoms with E-state index in [2.05, 4.69) is 15.9 Å². The highest BCUT2D eigenvalue weighted by atomic mass is 79.9. The molecule has 4 nitrogen and oxygen atoms in total. The van der Waals surface area contributed by atoms with E-state index >= 15 is 0 Å². The van der Waals surface area contributed by atoms with Crippen molar-refractivity contribution in [3.05, 3.63) is 27.7 Å². The fraction of sp³-hybridized carbons (Fsp3) is 0.500. The number of nitrogens with two attached hydrogens (primary N) is 1. The Morgan fingerprint density at radius 1 is 1.39 bits per heavy atom. The lowest BCUT2D eigenvalue weighted by Crippen LogP contribution is -2.20. The fourth-order valence-corrected chi connectivity index (χ4v) is 4.21. The maximum atomic E-state index is 11.8. The van der Waals surface area contributed by atoms with Gasteiger partial charge in [0.1, 0.15) is 0 Å². The minimum absolute atomic E-state index is 0.134. The van der Waals surface area contributed by atoms with Gasteiger partial charge in [-0.15, -0.1) is 0 Å². The summed E-state index contributed by atoms with van der Waals surface area (Å²) in [5.74, 6) is -0.134. The first kappa shape index (κ1) is 14.0. The molecule has 0 amide bonds. The van der Waals surface area contributed by atoms with E-state index < -0.39 is 16.1 Å². The first-order chi connectivity index (χ1) is 8.32. The summed E-state index contributed by atoms with van der Waals surface area (Å²) in [6.07, 6.45) is 1.94. The summed E-state index contributed by atoms with van der Waals surface area (Å²) >= 11 is 3.31. The standard InChI is InChI=1S/C12H16BrNO3S/c1-7-10(13)6-5-9(12(7)18(14,16)17)8-3-2-4-11(8)15/h5-6,8,11,15H,2-4H2,1H3,(H2,14,16,17)/t8-,11+/m1/s1. The van der Waals surface area contributed by atoms with Crippen LogP contribution in [0.3, 0.4) is 0 Å². The maximum Gasteiger partial charge on any atom is 0.238 e. The van der Waals surface area contributed by atoms with Crippen molar-refractivity contribution in [2.45, 2.75) is 43.1 Å². The molecule has 0 unspecified atom stereocenters. The topological polar surface area (TPSA) is 80.4 Å². The second-order valence-electron chi connectivity index (χ2n) is 4.74. The molecule has 0 bridgehead atoms. The number of hydrogen-bond acceptors (Lipinski definition) is 3. The van der Waals surface area contributed by atoms with Crippen LogP contribution in [0.2, 0.25) is 0 Å². The van der Waals surface area contributed by atoms with Crippen LogP contribution in [-0.2, 0) is 10.0 Å². The van der Waals surface area contributed by atoms with E-state index in [1.165, 1.54) is 0 Å². The van der Waals surface area contributed by atoms with Crippen molar-refractivity contribution in [2.24, 2.45) is 5.14 Å². The molecule has 18 heavy (non-hydrogen) atoms. The van der Waals surface area contributed by atoms with Crippen molar-refractivity contribution < 1.29 is 13.5 Å². The zero-order valence-corrected chi connectivity index (χ0v) is 12.5. The molecule has 0 heterocycles. The van der Waals surface area contributed by atoms with Gasteiger partial charge in [-0.2, -0.15) is 0 Å². The smallest absolute Gasteiger partial charge is 0.238 e. The monoisotopic (exact) mass is 333 g/mol. The summed E-state index contributed by atoms with van der Waals surface area (Å²) in [6.45, 7) is 1.72. The third kappa shape index (κ3) is 2.47. The minimum atomic E-state index is -3.79. The Labute approximate surface area is 115 Å². The molecule has 1 aromatic rings. The van der Waals surface area contributed by atoms with Crippen LogP contribution < -0.4 is 5.14 Å². The molecule has 1 fully saturated rings. The van der Waals surface area contributed by atoms with Crippen LogP contribution in [-0.4, -0.2) is 19.6 Å². The van der Waals surface area contributed by atoms with Gasteiger partial charge in [-0.3, -0.25) is 0 Å². The van der Waals surface area contributed by atoms with E-state index in [1.54, 1.807) is 13.0 Å². The molecule has 1 aliphatic carbocycles. The zero-order valence-electron chi connectivity index (χ0n) is 10.1. The van der Waals surface area contributed by atoms with Crippen LogP contribution in [0.1, 0.15) is 36.3 Å². The van der Waals surface area contributed by atoms with Crippen LogP contribution >= 0.6 is 15.9 Å². The number of halogens is 1. The molecule has 3 N–H and O–H groups in total. The van der Waals surface area contributed by atoms with Crippen LogP contribution in [0, 0.1) is 6.92 Å². The van der Waals surface area contributed by atoms with Crippen molar-refractivity contribution in [2.75, 3.05) is 0 Å². The SMILES string of the molecule is Cc1c(Br)ccc([C@H]2CCC[C@@H]2O)c1S(N)(=O)=O. The van der Waals surface area contributed by atoms with Crippen molar-refractivity contribution in [1.82, 2.24) is 0 Å². The van der Waals surface area contributed by atoms with Crippen molar-refractivity contribution in [3.8, 4) is 0 Å². The summed E-state index contributed by atoms with van der Waals surface area (Å²) in [7, 11) is -3.79. The van der Waals surface area contributed by atoms with Gasteiger partial charge in [-0.05, 0) is 37.0 Å². The molecular weight excluding hydrogens is 318 g/mol. The lowest BCUT2D eigenvalue weighted by molar-refractivity contribution is 0.163. The Hall–Kier alpha value is -0.430. The number of sulfonamides is 1. The van der Waals surface area contributed by atoms with Crippen molar-refractivity contribution in [1.29, 1.82) is 0 Å². The Morgan fingerprint density at radius 2 is 2.06 bits per heavy atom. The molecule has 0 saturated heterocycles. The van der Waals surface area contributed by atoms with Gasteiger partial charge in [0, 0.05) is 10.4 Å². The predicted octanol–water partition coefficient (Wildman–Crippen LogP) is 2.03. The molecule has 1 aliphatic rings. The maximum absolute atomic E-state index is 11.8. The normalized spacial score (nSPS) is 24.4. The lowest BCUT2D eigenvalue weighted by atomic mass is 9.94. The highest BCUT2D eigenvalue weighted by molar-refractivity contribution is 9.10. The Balaban J connectivity index is 2.64. The van der Waals surface area contributed by atoms with Gasteiger partial charge in [-0.1, -0.05) is 28.4 Å². The molecule has 0 aliphatic heterocycles. The van der Waals surface area contributed by atoms with Gasteiger partial charge in [0.2, 0.25) is 10.0 Å². The third-order valence-corrected chi connectivity index (χ3v) is 5.50. The summed E-state index contributed by atoms with van der Waals surface area (Å²) < 4.78 is 24.2. The van der Waals surface area contributed by atoms with Crippen LogP contribution in [0.4, 0.5) is 0 Å². The third-order valence-electron chi connectivity index (χ3n) is 3.53. The zero-order chi connectivity index (χ0) is 13.5. The van der Waals surface area contributed by atoms with Gasteiger partial charge in [0.15, 0.2) is 0 Å². The highest BCUT2D eigenvalue weighted by Gasteiger charge is 2.32. The van der Waals surface area contributed by atoms with E-state index in [4.69, 9.17) is 5.14 Å². The highest BCUT2D eigenvalue weighted by Crippen LogP contribution is 2.39. The quantitative estimate of drug-likeness (QED) is 0.868. The first-order valence-electron chi connectivity index (χ1n) is 5.82.